The summed E-state index contributed by atoms with van der Waals surface area (Å²) in [6.07, 6.45) is 0. The van der Waals surface area contributed by atoms with Crippen LogP contribution in [0.15, 0.2) is 36.4 Å². The Bertz CT molecular complexity index is 613. The number of phenolic OH excluding ortho intramolecular Hbond substituents is 1. The van der Waals surface area contributed by atoms with Crippen molar-refractivity contribution in [2.24, 2.45) is 0 Å². The predicted octanol–water partition coefficient (Wildman–Crippen LogP) is 2.99. The van der Waals surface area contributed by atoms with Crippen LogP contribution >= 0.6 is 0 Å². The molecule has 1 aliphatic heterocycles. The van der Waals surface area contributed by atoms with Gasteiger partial charge in [-0.2, -0.15) is 0 Å². The molecule has 0 atom stereocenters. The molecule has 0 unspecified atom stereocenters. The first-order valence-corrected chi connectivity index (χ1v) is 5.47. The molecule has 0 amide bonds. The summed E-state index contributed by atoms with van der Waals surface area (Å²) in [6.45, 7) is 0. The molecule has 0 aliphatic carbocycles. The van der Waals surface area contributed by atoms with Crippen molar-refractivity contribution in [1.82, 2.24) is 0 Å². The zero-order valence-electron chi connectivity index (χ0n) is 9.71. The molecule has 0 spiro atoms. The number of ether oxygens (including phenoxy) is 1. The van der Waals surface area contributed by atoms with Gasteiger partial charge in [0.15, 0.2) is 0 Å². The van der Waals surface area contributed by atoms with Gasteiger partial charge in [0, 0.05) is 0 Å². The first-order chi connectivity index (χ1) is 8.72. The van der Waals surface area contributed by atoms with Gasteiger partial charge in [0.25, 0.3) is 0 Å². The fourth-order valence-electron chi connectivity index (χ4n) is 2.10. The van der Waals surface area contributed by atoms with Crippen molar-refractivity contribution in [1.29, 1.82) is 0 Å². The molecule has 0 radical (unpaired) electrons. The van der Waals surface area contributed by atoms with Gasteiger partial charge in [-0.05, 0) is 24.3 Å². The summed E-state index contributed by atoms with van der Waals surface area (Å²) < 4.78 is 5.24. The van der Waals surface area contributed by atoms with Gasteiger partial charge >= 0.3 is 0 Å². The molecule has 3 N–H and O–H groups in total. The average molecular weight is 244 g/mol. The zero-order chi connectivity index (χ0) is 12.7. The van der Waals surface area contributed by atoms with Crippen molar-refractivity contribution in [2.45, 2.75) is 0 Å². The summed E-state index contributed by atoms with van der Waals surface area (Å²) in [5.74, 6) is 0.636. The maximum absolute atomic E-state index is 10.2. The lowest BCUT2D eigenvalue weighted by Gasteiger charge is -2.30. The zero-order valence-corrected chi connectivity index (χ0v) is 9.71. The molecule has 0 saturated carbocycles. The Hall–Kier alpha value is -2.40. The highest BCUT2D eigenvalue weighted by Gasteiger charge is 2.26. The summed E-state index contributed by atoms with van der Waals surface area (Å²) in [6, 6.07) is 10.3. The van der Waals surface area contributed by atoms with Crippen molar-refractivity contribution in [3.8, 4) is 11.5 Å². The van der Waals surface area contributed by atoms with Gasteiger partial charge < -0.3 is 15.2 Å². The van der Waals surface area contributed by atoms with Crippen LogP contribution in [0.3, 0.4) is 0 Å². The van der Waals surface area contributed by atoms with E-state index in [1.807, 2.05) is 0 Å². The predicted molar refractivity (Wildman–Crippen MR) is 68.3 cm³/mol. The van der Waals surface area contributed by atoms with E-state index in [0.717, 1.165) is 5.06 Å². The fourth-order valence-corrected chi connectivity index (χ4v) is 2.10. The summed E-state index contributed by atoms with van der Waals surface area (Å²) in [5, 5.41) is 24.1. The standard InChI is InChI=1S/C13H12N2O3/c1-18-11-7-3-5-9-12(11)14-8-4-2-6-10(16)13(8)15(9)17/h2-7,14,16-17H,1H3. The van der Waals surface area contributed by atoms with Crippen molar-refractivity contribution in [3.05, 3.63) is 36.4 Å². The quantitative estimate of drug-likeness (QED) is 0.719. The number of benzene rings is 2. The molecule has 3 rings (SSSR count). The minimum Gasteiger partial charge on any atom is -0.506 e. The van der Waals surface area contributed by atoms with Crippen LogP contribution in [-0.2, 0) is 0 Å². The summed E-state index contributed by atoms with van der Waals surface area (Å²) in [5.41, 5.74) is 2.15. The van der Waals surface area contributed by atoms with Crippen molar-refractivity contribution in [3.63, 3.8) is 0 Å². The van der Waals surface area contributed by atoms with Crippen LogP contribution in [0.5, 0.6) is 11.5 Å². The monoisotopic (exact) mass is 244 g/mol. The van der Waals surface area contributed by atoms with Gasteiger partial charge in [-0.15, -0.1) is 0 Å². The summed E-state index contributed by atoms with van der Waals surface area (Å²) >= 11 is 0. The number of hydrogen-bond donors (Lipinski definition) is 3. The van der Waals surface area contributed by atoms with Crippen LogP contribution in [0, 0.1) is 0 Å². The molecule has 0 fully saturated rings. The number of rotatable bonds is 1. The lowest BCUT2D eigenvalue weighted by atomic mass is 10.1. The van der Waals surface area contributed by atoms with Gasteiger partial charge in [-0.1, -0.05) is 12.1 Å². The second-order valence-corrected chi connectivity index (χ2v) is 3.96. The van der Waals surface area contributed by atoms with Crippen LogP contribution in [0.1, 0.15) is 0 Å². The van der Waals surface area contributed by atoms with Gasteiger partial charge in [-0.25, -0.2) is 5.06 Å². The lowest BCUT2D eigenvalue weighted by Crippen LogP contribution is -2.18. The molecular formula is C13H12N2O3. The van der Waals surface area contributed by atoms with Crippen LogP contribution < -0.4 is 15.1 Å². The number of methoxy groups -OCH3 is 1. The van der Waals surface area contributed by atoms with E-state index < -0.39 is 0 Å². The van der Waals surface area contributed by atoms with Gasteiger partial charge in [0.1, 0.15) is 22.9 Å². The molecule has 5 nitrogen and oxygen atoms in total. The maximum Gasteiger partial charge on any atom is 0.144 e. The maximum atomic E-state index is 10.2. The molecule has 5 heteroatoms. The second-order valence-electron chi connectivity index (χ2n) is 3.96. The van der Waals surface area contributed by atoms with Crippen LogP contribution in [-0.4, -0.2) is 17.4 Å². The molecule has 0 bridgehead atoms. The molecule has 2 aromatic rings. The van der Waals surface area contributed by atoms with E-state index in [1.165, 1.54) is 6.07 Å². The van der Waals surface area contributed by atoms with Crippen LogP contribution in [0.2, 0.25) is 0 Å². The minimum absolute atomic E-state index is 0.0102. The molecule has 18 heavy (non-hydrogen) atoms. The van der Waals surface area contributed by atoms with Gasteiger partial charge in [0.2, 0.25) is 0 Å². The normalized spacial score (nSPS) is 12.4. The molecule has 1 heterocycles. The van der Waals surface area contributed by atoms with Crippen molar-refractivity contribution >= 4 is 22.7 Å². The molecule has 0 aromatic heterocycles. The first kappa shape index (κ1) is 10.7. The van der Waals surface area contributed by atoms with Crippen LogP contribution in [0.25, 0.3) is 0 Å². The first-order valence-electron chi connectivity index (χ1n) is 5.47. The summed E-state index contributed by atoms with van der Waals surface area (Å²) in [4.78, 5) is 0. The van der Waals surface area contributed by atoms with E-state index in [-0.39, 0.29) is 5.75 Å². The van der Waals surface area contributed by atoms with E-state index in [1.54, 1.807) is 37.4 Å². The fraction of sp³-hybridized carbons (Fsp3) is 0.0769. The van der Waals surface area contributed by atoms with Crippen LogP contribution in [0.4, 0.5) is 22.7 Å². The molecule has 92 valence electrons. The van der Waals surface area contributed by atoms with E-state index in [9.17, 15) is 10.3 Å². The number of phenols is 1. The molecule has 2 aromatic carbocycles. The Morgan fingerprint density at radius 2 is 1.94 bits per heavy atom. The highest BCUT2D eigenvalue weighted by molar-refractivity contribution is 5.95. The molecule has 0 saturated heterocycles. The number of anilines is 4. The lowest BCUT2D eigenvalue weighted by molar-refractivity contribution is 0.295. The SMILES string of the molecule is COc1cccc2c1Nc1cccc(O)c1N2O. The van der Waals surface area contributed by atoms with Crippen molar-refractivity contribution in [2.75, 3.05) is 17.5 Å². The average Bonchev–Trinajstić information content (AvgIpc) is 2.38. The van der Waals surface area contributed by atoms with E-state index in [0.29, 0.717) is 28.5 Å². The Morgan fingerprint density at radius 3 is 2.72 bits per heavy atom. The molecule has 1 aliphatic rings. The number of fused-ring (bicyclic) bond motifs is 2. The van der Waals surface area contributed by atoms with E-state index in [2.05, 4.69) is 5.32 Å². The highest BCUT2D eigenvalue weighted by atomic mass is 16.5. The van der Waals surface area contributed by atoms with E-state index >= 15 is 0 Å². The third kappa shape index (κ3) is 1.38. The third-order valence-corrected chi connectivity index (χ3v) is 2.94. The highest BCUT2D eigenvalue weighted by Crippen LogP contribution is 2.49. The van der Waals surface area contributed by atoms with Crippen molar-refractivity contribution < 1.29 is 15.1 Å². The smallest absolute Gasteiger partial charge is 0.144 e. The summed E-state index contributed by atoms with van der Waals surface area (Å²) in [7, 11) is 1.57. The Balaban J connectivity index is 2.22. The largest absolute Gasteiger partial charge is 0.506 e. The number of nitrogens with one attached hydrogen (secondary N) is 1. The third-order valence-electron chi connectivity index (χ3n) is 2.94. The topological polar surface area (TPSA) is 65.0 Å². The molecular weight excluding hydrogens is 232 g/mol. The Labute approximate surface area is 104 Å². The van der Waals surface area contributed by atoms with E-state index in [4.69, 9.17) is 4.74 Å². The van der Waals surface area contributed by atoms with Gasteiger partial charge in [-0.3, -0.25) is 5.21 Å². The Kier molecular flexibility index (Phi) is 2.28. The second kappa shape index (κ2) is 3.82. The minimum atomic E-state index is 0.0102. The number of hydrogen-bond acceptors (Lipinski definition) is 5. The Morgan fingerprint density at radius 1 is 1.17 bits per heavy atom. The van der Waals surface area contributed by atoms with Gasteiger partial charge in [0.05, 0.1) is 18.5 Å². The number of para-hydroxylation sites is 2. The number of nitrogens with zero attached hydrogens (tertiary/aromatic N) is 1. The number of aromatic hydroxyl groups is 1.